The molecule has 2 rings (SSSR count). The highest BCUT2D eigenvalue weighted by Crippen LogP contribution is 2.11. The molecular formula is C15H22FNO2. The fourth-order valence-corrected chi connectivity index (χ4v) is 2.25. The number of hydrogen-bond acceptors (Lipinski definition) is 3. The van der Waals surface area contributed by atoms with Crippen LogP contribution >= 0.6 is 0 Å². The molecule has 1 heterocycles. The van der Waals surface area contributed by atoms with Gasteiger partial charge in [-0.1, -0.05) is 6.42 Å². The van der Waals surface area contributed by atoms with Gasteiger partial charge in [0.2, 0.25) is 0 Å². The highest BCUT2D eigenvalue weighted by Gasteiger charge is 2.11. The largest absolute Gasteiger partial charge is 0.491 e. The summed E-state index contributed by atoms with van der Waals surface area (Å²) in [6, 6.07) is 6.66. The Balaban J connectivity index is 1.49. The molecule has 0 aromatic heterocycles. The fourth-order valence-electron chi connectivity index (χ4n) is 2.25. The van der Waals surface area contributed by atoms with Crippen molar-refractivity contribution in [3.63, 3.8) is 0 Å². The molecule has 0 spiro atoms. The zero-order valence-corrected chi connectivity index (χ0v) is 11.2. The minimum Gasteiger partial charge on any atom is -0.491 e. The Bertz CT molecular complexity index is 350. The van der Waals surface area contributed by atoms with Crippen LogP contribution in [0.1, 0.15) is 25.7 Å². The molecule has 0 amide bonds. The van der Waals surface area contributed by atoms with E-state index in [1.165, 1.54) is 31.4 Å². The molecule has 1 aromatic carbocycles. The molecule has 0 bridgehead atoms. The summed E-state index contributed by atoms with van der Waals surface area (Å²) in [6.45, 7) is 2.98. The number of hydrogen-bond donors (Lipinski definition) is 1. The first-order valence-electron chi connectivity index (χ1n) is 7.04. The topological polar surface area (TPSA) is 30.5 Å². The van der Waals surface area contributed by atoms with Crippen LogP contribution < -0.4 is 10.1 Å². The number of ether oxygens (including phenoxy) is 2. The summed E-state index contributed by atoms with van der Waals surface area (Å²) >= 11 is 0. The third-order valence-electron chi connectivity index (χ3n) is 3.33. The monoisotopic (exact) mass is 267 g/mol. The minimum absolute atomic E-state index is 0.247. The maximum absolute atomic E-state index is 12.7. The summed E-state index contributed by atoms with van der Waals surface area (Å²) < 4.78 is 23.7. The van der Waals surface area contributed by atoms with Crippen LogP contribution in [0.4, 0.5) is 4.39 Å². The molecule has 1 saturated heterocycles. The molecule has 4 heteroatoms. The molecule has 1 aliphatic rings. The lowest BCUT2D eigenvalue weighted by Gasteiger charge is -2.23. The van der Waals surface area contributed by atoms with Gasteiger partial charge < -0.3 is 14.8 Å². The maximum atomic E-state index is 12.7. The molecule has 1 atom stereocenters. The van der Waals surface area contributed by atoms with Crippen LogP contribution in [-0.2, 0) is 4.74 Å². The van der Waals surface area contributed by atoms with Crippen molar-refractivity contribution in [3.8, 4) is 5.75 Å². The first kappa shape index (κ1) is 14.3. The van der Waals surface area contributed by atoms with E-state index in [0.29, 0.717) is 25.0 Å². The lowest BCUT2D eigenvalue weighted by Crippen LogP contribution is -2.34. The lowest BCUT2D eigenvalue weighted by atomic mass is 10.0. The van der Waals surface area contributed by atoms with Crippen LogP contribution in [0.2, 0.25) is 0 Å². The molecule has 19 heavy (non-hydrogen) atoms. The van der Waals surface area contributed by atoms with Gasteiger partial charge >= 0.3 is 0 Å². The predicted octanol–water partition coefficient (Wildman–Crippen LogP) is 2.75. The van der Waals surface area contributed by atoms with E-state index in [4.69, 9.17) is 9.47 Å². The molecule has 1 aromatic rings. The molecule has 3 nitrogen and oxygen atoms in total. The first-order valence-corrected chi connectivity index (χ1v) is 7.04. The second-order valence-electron chi connectivity index (χ2n) is 4.85. The molecule has 0 radical (unpaired) electrons. The smallest absolute Gasteiger partial charge is 0.123 e. The number of nitrogens with one attached hydrogen (secondary N) is 1. The van der Waals surface area contributed by atoms with Crippen molar-refractivity contribution in [2.45, 2.75) is 31.7 Å². The third-order valence-corrected chi connectivity index (χ3v) is 3.33. The Kier molecular flexibility index (Phi) is 6.11. The van der Waals surface area contributed by atoms with Crippen LogP contribution in [-0.4, -0.2) is 32.4 Å². The predicted molar refractivity (Wildman–Crippen MR) is 73.0 cm³/mol. The van der Waals surface area contributed by atoms with Gasteiger partial charge in [0.05, 0.1) is 6.61 Å². The summed E-state index contributed by atoms with van der Waals surface area (Å²) in [5.74, 6) is 0.433. The summed E-state index contributed by atoms with van der Waals surface area (Å²) in [5.41, 5.74) is 0. The van der Waals surface area contributed by atoms with E-state index in [0.717, 1.165) is 19.6 Å². The summed E-state index contributed by atoms with van der Waals surface area (Å²) in [5, 5.41) is 3.49. The fraction of sp³-hybridized carbons (Fsp3) is 0.600. The molecule has 106 valence electrons. The van der Waals surface area contributed by atoms with E-state index in [-0.39, 0.29) is 5.82 Å². The zero-order valence-electron chi connectivity index (χ0n) is 11.2. The van der Waals surface area contributed by atoms with Gasteiger partial charge in [0.1, 0.15) is 18.2 Å². The Morgan fingerprint density at radius 1 is 1.11 bits per heavy atom. The molecule has 1 unspecified atom stereocenters. The second kappa shape index (κ2) is 8.12. The Labute approximate surface area is 114 Å². The highest BCUT2D eigenvalue weighted by atomic mass is 19.1. The molecule has 1 N–H and O–H groups in total. The maximum Gasteiger partial charge on any atom is 0.123 e. The van der Waals surface area contributed by atoms with Crippen LogP contribution in [0, 0.1) is 5.82 Å². The number of piperidine rings is 1. The third kappa shape index (κ3) is 5.57. The summed E-state index contributed by atoms with van der Waals surface area (Å²) in [4.78, 5) is 0. The average Bonchev–Trinajstić information content (AvgIpc) is 2.46. The van der Waals surface area contributed by atoms with Crippen molar-refractivity contribution in [1.29, 1.82) is 0 Å². The summed E-state index contributed by atoms with van der Waals surface area (Å²) in [6.07, 6.45) is 4.94. The van der Waals surface area contributed by atoms with Crippen molar-refractivity contribution in [2.75, 3.05) is 26.4 Å². The molecule has 1 fully saturated rings. The van der Waals surface area contributed by atoms with Gasteiger partial charge in [-0.05, 0) is 50.1 Å². The van der Waals surface area contributed by atoms with Crippen LogP contribution in [0.3, 0.4) is 0 Å². The summed E-state index contributed by atoms with van der Waals surface area (Å²) in [7, 11) is 0. The van der Waals surface area contributed by atoms with Crippen LogP contribution in [0.15, 0.2) is 24.3 Å². The van der Waals surface area contributed by atoms with Crippen molar-refractivity contribution >= 4 is 0 Å². The second-order valence-corrected chi connectivity index (χ2v) is 4.85. The van der Waals surface area contributed by atoms with Gasteiger partial charge in [-0.3, -0.25) is 0 Å². The lowest BCUT2D eigenvalue weighted by molar-refractivity contribution is 0.0910. The van der Waals surface area contributed by atoms with Crippen LogP contribution in [0.5, 0.6) is 5.75 Å². The number of benzene rings is 1. The van der Waals surface area contributed by atoms with Gasteiger partial charge in [-0.15, -0.1) is 0 Å². The van der Waals surface area contributed by atoms with E-state index < -0.39 is 0 Å². The van der Waals surface area contributed by atoms with Crippen LogP contribution in [0.25, 0.3) is 0 Å². The van der Waals surface area contributed by atoms with Gasteiger partial charge in [0.25, 0.3) is 0 Å². The number of halogens is 1. The molecule has 1 aliphatic heterocycles. The van der Waals surface area contributed by atoms with Crippen molar-refractivity contribution < 1.29 is 13.9 Å². The van der Waals surface area contributed by atoms with E-state index >= 15 is 0 Å². The Morgan fingerprint density at radius 2 is 1.95 bits per heavy atom. The van der Waals surface area contributed by atoms with Crippen molar-refractivity contribution in [2.24, 2.45) is 0 Å². The normalized spacial score (nSPS) is 19.3. The quantitative estimate of drug-likeness (QED) is 0.771. The van der Waals surface area contributed by atoms with E-state index in [9.17, 15) is 4.39 Å². The van der Waals surface area contributed by atoms with Gasteiger partial charge in [-0.25, -0.2) is 4.39 Å². The van der Waals surface area contributed by atoms with Gasteiger partial charge in [0, 0.05) is 12.6 Å². The van der Waals surface area contributed by atoms with E-state index in [1.807, 2.05) is 0 Å². The van der Waals surface area contributed by atoms with E-state index in [1.54, 1.807) is 12.1 Å². The molecule has 0 aliphatic carbocycles. The first-order chi connectivity index (χ1) is 9.34. The highest BCUT2D eigenvalue weighted by molar-refractivity contribution is 5.21. The Morgan fingerprint density at radius 3 is 2.68 bits per heavy atom. The van der Waals surface area contributed by atoms with Crippen molar-refractivity contribution in [3.05, 3.63) is 30.1 Å². The standard InChI is InChI=1S/C15H22FNO2/c16-13-4-6-15(7-5-13)19-12-11-18-10-8-14-3-1-2-9-17-14/h4-7,14,17H,1-3,8-12H2. The SMILES string of the molecule is Fc1ccc(OCCOCCC2CCCCN2)cc1. The average molecular weight is 267 g/mol. The Hall–Kier alpha value is -1.13. The van der Waals surface area contributed by atoms with Gasteiger partial charge in [-0.2, -0.15) is 0 Å². The minimum atomic E-state index is -0.247. The van der Waals surface area contributed by atoms with Gasteiger partial charge in [0.15, 0.2) is 0 Å². The van der Waals surface area contributed by atoms with E-state index in [2.05, 4.69) is 5.32 Å². The molecule has 0 saturated carbocycles. The number of rotatable bonds is 7. The van der Waals surface area contributed by atoms with Crippen molar-refractivity contribution in [1.82, 2.24) is 5.32 Å². The zero-order chi connectivity index (χ0) is 13.3. The molecular weight excluding hydrogens is 245 g/mol.